The molecule has 33 heavy (non-hydrogen) atoms. The van der Waals surface area contributed by atoms with Crippen LogP contribution in [-0.2, 0) is 0 Å². The summed E-state index contributed by atoms with van der Waals surface area (Å²) in [5, 5.41) is 16.4. The number of nitrogens with two attached hydrogens (primary N) is 1. The number of aromatic nitrogens is 5. The fourth-order valence-corrected chi connectivity index (χ4v) is 4.39. The summed E-state index contributed by atoms with van der Waals surface area (Å²) in [5.41, 5.74) is 10.4. The van der Waals surface area contributed by atoms with Crippen LogP contribution in [0.25, 0.3) is 33.2 Å². The second kappa shape index (κ2) is 7.53. The Morgan fingerprint density at radius 1 is 1.06 bits per heavy atom. The third kappa shape index (κ3) is 3.35. The molecule has 0 amide bonds. The second-order valence-corrected chi connectivity index (χ2v) is 8.45. The van der Waals surface area contributed by atoms with Crippen LogP contribution in [0.5, 0.6) is 11.6 Å². The second-order valence-electron chi connectivity index (χ2n) is 8.45. The zero-order valence-electron chi connectivity index (χ0n) is 18.0. The first-order valence-corrected chi connectivity index (χ1v) is 10.9. The fraction of sp³-hybridized carbons (Fsp3) is 0.200. The summed E-state index contributed by atoms with van der Waals surface area (Å²) in [4.78, 5) is 13.4. The molecular formula is C25H22N6O2. The van der Waals surface area contributed by atoms with Crippen LogP contribution in [0.1, 0.15) is 24.4 Å². The molecule has 5 aromatic rings. The van der Waals surface area contributed by atoms with Crippen LogP contribution >= 0.6 is 0 Å². The first-order valence-electron chi connectivity index (χ1n) is 10.9. The Hall–Kier alpha value is -4.04. The maximum atomic E-state index is 9.79. The van der Waals surface area contributed by atoms with Crippen LogP contribution < -0.4 is 10.5 Å². The van der Waals surface area contributed by atoms with Crippen molar-refractivity contribution in [2.45, 2.75) is 31.9 Å². The topological polar surface area (TPSA) is 112 Å². The predicted octanol–water partition coefficient (Wildman–Crippen LogP) is 4.42. The number of anilines is 1. The van der Waals surface area contributed by atoms with Crippen molar-refractivity contribution < 1.29 is 9.84 Å². The van der Waals surface area contributed by atoms with Crippen molar-refractivity contribution in [1.82, 2.24) is 24.7 Å². The molecule has 2 aromatic carbocycles. The SMILES string of the molecule is Cc1cc(Oc2ccccc2)nc2cc(-c3nn(C4CC(O)C4)c4ncnc(N)c34)ccc12. The number of para-hydroxylation sites is 1. The molecule has 0 atom stereocenters. The largest absolute Gasteiger partial charge is 0.439 e. The number of pyridine rings is 1. The van der Waals surface area contributed by atoms with Gasteiger partial charge in [-0.3, -0.25) is 0 Å². The van der Waals surface area contributed by atoms with Crippen LogP contribution in [0.4, 0.5) is 5.82 Å². The van der Waals surface area contributed by atoms with Gasteiger partial charge in [0.05, 0.1) is 23.0 Å². The molecule has 1 fully saturated rings. The summed E-state index contributed by atoms with van der Waals surface area (Å²) < 4.78 is 7.84. The standard InChI is InChI=1S/C25H22N6O2/c1-14-9-21(33-18-5-3-2-4-6-18)29-20-10-15(7-8-19(14)20)23-22-24(26)27-13-28-25(22)31(30-23)16-11-17(32)12-16/h2-10,13,16-17,32H,11-12H2,1H3,(H2,26,27,28). The van der Waals surface area contributed by atoms with Crippen LogP contribution in [0.15, 0.2) is 60.9 Å². The normalized spacial score (nSPS) is 17.9. The number of aliphatic hydroxyl groups is 1. The molecule has 3 aromatic heterocycles. The van der Waals surface area contributed by atoms with Crippen molar-refractivity contribution in [1.29, 1.82) is 0 Å². The molecule has 1 aliphatic rings. The molecule has 0 radical (unpaired) electrons. The molecule has 0 unspecified atom stereocenters. The van der Waals surface area contributed by atoms with Gasteiger partial charge in [-0.1, -0.05) is 30.3 Å². The lowest BCUT2D eigenvalue weighted by Gasteiger charge is -2.31. The van der Waals surface area contributed by atoms with E-state index in [2.05, 4.69) is 9.97 Å². The van der Waals surface area contributed by atoms with Gasteiger partial charge in [-0.2, -0.15) is 5.10 Å². The van der Waals surface area contributed by atoms with E-state index in [1.165, 1.54) is 6.33 Å². The number of benzene rings is 2. The highest BCUT2D eigenvalue weighted by molar-refractivity contribution is 6.00. The Balaban J connectivity index is 1.47. The monoisotopic (exact) mass is 438 g/mol. The van der Waals surface area contributed by atoms with E-state index >= 15 is 0 Å². The lowest BCUT2D eigenvalue weighted by molar-refractivity contribution is 0.0452. The average molecular weight is 438 g/mol. The maximum absolute atomic E-state index is 9.79. The van der Waals surface area contributed by atoms with Crippen LogP contribution in [0.2, 0.25) is 0 Å². The number of hydrogen-bond acceptors (Lipinski definition) is 7. The minimum absolute atomic E-state index is 0.0947. The average Bonchev–Trinajstić information content (AvgIpc) is 3.18. The van der Waals surface area contributed by atoms with E-state index in [1.54, 1.807) is 0 Å². The molecular weight excluding hydrogens is 416 g/mol. The number of hydrogen-bond donors (Lipinski definition) is 2. The van der Waals surface area contributed by atoms with Gasteiger partial charge in [0.1, 0.15) is 23.6 Å². The van der Waals surface area contributed by atoms with Gasteiger partial charge in [0, 0.05) is 17.0 Å². The van der Waals surface area contributed by atoms with E-state index in [9.17, 15) is 5.11 Å². The van der Waals surface area contributed by atoms with Crippen molar-refractivity contribution in [3.63, 3.8) is 0 Å². The molecule has 164 valence electrons. The Labute approximate surface area is 189 Å². The third-order valence-corrected chi connectivity index (χ3v) is 6.18. The number of ether oxygens (including phenoxy) is 1. The quantitative estimate of drug-likeness (QED) is 0.427. The fourth-order valence-electron chi connectivity index (χ4n) is 4.39. The first-order chi connectivity index (χ1) is 16.1. The third-order valence-electron chi connectivity index (χ3n) is 6.18. The van der Waals surface area contributed by atoms with Gasteiger partial charge >= 0.3 is 0 Å². The van der Waals surface area contributed by atoms with E-state index < -0.39 is 0 Å². The van der Waals surface area contributed by atoms with Gasteiger partial charge in [-0.25, -0.2) is 19.6 Å². The molecule has 1 saturated carbocycles. The van der Waals surface area contributed by atoms with Gasteiger partial charge in [0.2, 0.25) is 5.88 Å². The van der Waals surface area contributed by atoms with Crippen LogP contribution in [0.3, 0.4) is 0 Å². The Morgan fingerprint density at radius 2 is 1.88 bits per heavy atom. The van der Waals surface area contributed by atoms with Crippen molar-refractivity contribution in [3.8, 4) is 22.9 Å². The molecule has 1 aliphatic carbocycles. The Kier molecular flexibility index (Phi) is 4.48. The van der Waals surface area contributed by atoms with E-state index in [0.29, 0.717) is 41.3 Å². The van der Waals surface area contributed by atoms with Crippen LogP contribution in [-0.4, -0.2) is 35.9 Å². The predicted molar refractivity (Wildman–Crippen MR) is 126 cm³/mol. The summed E-state index contributed by atoms with van der Waals surface area (Å²) >= 11 is 0. The van der Waals surface area contributed by atoms with Crippen molar-refractivity contribution >= 4 is 27.8 Å². The molecule has 8 nitrogen and oxygen atoms in total. The summed E-state index contributed by atoms with van der Waals surface area (Å²) in [6.45, 7) is 2.04. The first kappa shape index (κ1) is 19.6. The van der Waals surface area contributed by atoms with E-state index in [-0.39, 0.29) is 12.1 Å². The molecule has 3 heterocycles. The zero-order chi connectivity index (χ0) is 22.5. The van der Waals surface area contributed by atoms with E-state index in [0.717, 1.165) is 27.8 Å². The molecule has 8 heteroatoms. The number of aliphatic hydroxyl groups excluding tert-OH is 1. The molecule has 0 bridgehead atoms. The zero-order valence-corrected chi connectivity index (χ0v) is 18.0. The number of nitrogens with zero attached hydrogens (tertiary/aromatic N) is 5. The molecule has 0 spiro atoms. The van der Waals surface area contributed by atoms with Gasteiger partial charge in [-0.05, 0) is 43.5 Å². The highest BCUT2D eigenvalue weighted by Crippen LogP contribution is 2.38. The highest BCUT2D eigenvalue weighted by atomic mass is 16.5. The number of rotatable bonds is 4. The number of aryl methyl sites for hydroxylation is 1. The van der Waals surface area contributed by atoms with Crippen molar-refractivity contribution in [2.75, 3.05) is 5.73 Å². The Bertz CT molecular complexity index is 1490. The lowest BCUT2D eigenvalue weighted by atomic mass is 9.90. The summed E-state index contributed by atoms with van der Waals surface area (Å²) in [7, 11) is 0. The van der Waals surface area contributed by atoms with Gasteiger partial charge in [0.25, 0.3) is 0 Å². The molecule has 0 aliphatic heterocycles. The summed E-state index contributed by atoms with van der Waals surface area (Å²) in [5.74, 6) is 1.65. The molecule has 6 rings (SSSR count). The smallest absolute Gasteiger partial charge is 0.220 e. The van der Waals surface area contributed by atoms with Gasteiger partial charge in [0.15, 0.2) is 5.65 Å². The van der Waals surface area contributed by atoms with Crippen molar-refractivity contribution in [3.05, 3.63) is 66.5 Å². The number of nitrogen functional groups attached to an aromatic ring is 1. The minimum atomic E-state index is -0.298. The number of fused-ring (bicyclic) bond motifs is 2. The van der Waals surface area contributed by atoms with Gasteiger partial charge in [-0.15, -0.1) is 0 Å². The summed E-state index contributed by atoms with van der Waals surface area (Å²) in [6.07, 6.45) is 2.46. The lowest BCUT2D eigenvalue weighted by Crippen LogP contribution is -2.31. The van der Waals surface area contributed by atoms with E-state index in [1.807, 2.05) is 66.2 Å². The van der Waals surface area contributed by atoms with Gasteiger partial charge < -0.3 is 15.6 Å². The van der Waals surface area contributed by atoms with E-state index in [4.69, 9.17) is 20.6 Å². The Morgan fingerprint density at radius 3 is 2.67 bits per heavy atom. The highest BCUT2D eigenvalue weighted by Gasteiger charge is 2.32. The van der Waals surface area contributed by atoms with Crippen LogP contribution in [0, 0.1) is 6.92 Å². The maximum Gasteiger partial charge on any atom is 0.220 e. The molecule has 0 saturated heterocycles. The van der Waals surface area contributed by atoms with Crippen molar-refractivity contribution in [2.24, 2.45) is 0 Å². The molecule has 3 N–H and O–H groups in total. The minimum Gasteiger partial charge on any atom is -0.439 e. The summed E-state index contributed by atoms with van der Waals surface area (Å²) in [6, 6.07) is 17.7.